The number of hydrogen-bond donors (Lipinski definition) is 2. The number of carbonyl (C=O) groups excluding carboxylic acids is 2. The van der Waals surface area contributed by atoms with Crippen LogP contribution in [0.25, 0.3) is 0 Å². The van der Waals surface area contributed by atoms with Crippen LogP contribution in [0.4, 0.5) is 14.5 Å². The van der Waals surface area contributed by atoms with E-state index in [1.807, 2.05) is 0 Å². The van der Waals surface area contributed by atoms with Gasteiger partial charge in [0.15, 0.2) is 11.6 Å². The number of halogens is 2. The minimum absolute atomic E-state index is 0.0659. The van der Waals surface area contributed by atoms with Crippen molar-refractivity contribution in [1.82, 2.24) is 4.90 Å². The summed E-state index contributed by atoms with van der Waals surface area (Å²) in [6, 6.07) is 21.8. The lowest BCUT2D eigenvalue weighted by molar-refractivity contribution is 0.0472. The molecule has 0 saturated carbocycles. The van der Waals surface area contributed by atoms with Crippen LogP contribution in [0.15, 0.2) is 89.8 Å². The smallest absolute Gasteiger partial charge is 0.338 e. The van der Waals surface area contributed by atoms with Gasteiger partial charge in [-0.15, -0.1) is 0 Å². The number of aliphatic hydroxyl groups is 2. The van der Waals surface area contributed by atoms with E-state index in [1.54, 1.807) is 60.7 Å². The fourth-order valence-electron chi connectivity index (χ4n) is 5.56. The highest BCUT2D eigenvalue weighted by Gasteiger charge is 2.37. The summed E-state index contributed by atoms with van der Waals surface area (Å²) in [5, 5.41) is 20.5. The van der Waals surface area contributed by atoms with Crippen molar-refractivity contribution >= 4 is 27.6 Å². The Morgan fingerprint density at radius 1 is 0.787 bits per heavy atom. The summed E-state index contributed by atoms with van der Waals surface area (Å²) in [6.45, 7) is -2.10. The number of hydrogen-bond acceptors (Lipinski definition) is 7. The molecule has 1 fully saturated rings. The van der Waals surface area contributed by atoms with E-state index in [1.165, 1.54) is 23.1 Å². The van der Waals surface area contributed by atoms with Gasteiger partial charge in [-0.25, -0.2) is 22.0 Å². The number of benzene rings is 4. The fourth-order valence-corrected chi connectivity index (χ4v) is 7.06. The highest BCUT2D eigenvalue weighted by Crippen LogP contribution is 2.38. The van der Waals surface area contributed by atoms with Gasteiger partial charge in [-0.2, -0.15) is 0 Å². The predicted octanol–water partition coefficient (Wildman–Crippen LogP) is 5.33. The zero-order valence-corrected chi connectivity index (χ0v) is 26.3. The summed E-state index contributed by atoms with van der Waals surface area (Å²) in [6.07, 6.45) is 2.24. The van der Waals surface area contributed by atoms with E-state index in [0.717, 1.165) is 12.5 Å². The highest BCUT2D eigenvalue weighted by molar-refractivity contribution is 7.92. The van der Waals surface area contributed by atoms with Crippen LogP contribution in [0.1, 0.15) is 62.2 Å². The van der Waals surface area contributed by atoms with Crippen molar-refractivity contribution in [2.75, 3.05) is 17.4 Å². The quantitative estimate of drug-likeness (QED) is 0.208. The Balaban J connectivity index is 1.61. The van der Waals surface area contributed by atoms with Crippen molar-refractivity contribution < 1.29 is 41.7 Å². The molecule has 1 amide bonds. The highest BCUT2D eigenvalue weighted by atomic mass is 32.2. The van der Waals surface area contributed by atoms with Crippen molar-refractivity contribution in [1.29, 1.82) is 0 Å². The van der Waals surface area contributed by atoms with Gasteiger partial charge in [-0.3, -0.25) is 9.10 Å². The first-order chi connectivity index (χ1) is 22.7. The van der Waals surface area contributed by atoms with Crippen LogP contribution >= 0.6 is 0 Å². The van der Waals surface area contributed by atoms with Gasteiger partial charge >= 0.3 is 5.97 Å². The van der Waals surface area contributed by atoms with Gasteiger partial charge in [-0.05, 0) is 48.6 Å². The fraction of sp³-hybridized carbons (Fsp3) is 0.257. The minimum Gasteiger partial charge on any atom is -0.457 e. The maximum atomic E-state index is 16.5. The Bertz CT molecular complexity index is 1820. The molecule has 1 saturated heterocycles. The molecule has 0 atom stereocenters. The Morgan fingerprint density at radius 2 is 1.36 bits per heavy atom. The molecule has 5 rings (SSSR count). The molecular formula is C35H34F2N2O7S. The number of esters is 1. The second-order valence-electron chi connectivity index (χ2n) is 11.1. The molecule has 0 aromatic heterocycles. The van der Waals surface area contributed by atoms with Crippen molar-refractivity contribution in [3.8, 4) is 0 Å². The molecule has 1 aliphatic heterocycles. The first kappa shape index (κ1) is 33.7. The first-order valence-corrected chi connectivity index (χ1v) is 16.5. The van der Waals surface area contributed by atoms with E-state index >= 15 is 8.78 Å². The molecule has 0 spiro atoms. The number of piperidine rings is 1. The molecule has 12 heteroatoms. The summed E-state index contributed by atoms with van der Waals surface area (Å²) in [5.74, 6) is -4.49. The Morgan fingerprint density at radius 3 is 1.94 bits per heavy atom. The van der Waals surface area contributed by atoms with Crippen LogP contribution in [-0.4, -0.2) is 48.5 Å². The SMILES string of the molecule is O=C(OCc1ccccc1)c1cccc(S(=O)(=O)N(Cc2ccccc2)c2c(F)c(CO)c(C(=O)N3CCCCC3)c(CO)c2F)c1. The van der Waals surface area contributed by atoms with Gasteiger partial charge in [0.2, 0.25) is 0 Å². The number of ether oxygens (including phenoxy) is 1. The van der Waals surface area contributed by atoms with Crippen LogP contribution in [0.3, 0.4) is 0 Å². The lowest BCUT2D eigenvalue weighted by Crippen LogP contribution is -2.38. The minimum atomic E-state index is -4.84. The number of nitrogens with zero attached hydrogens (tertiary/aromatic N) is 2. The first-order valence-electron chi connectivity index (χ1n) is 15.1. The molecule has 1 aliphatic rings. The van der Waals surface area contributed by atoms with Gasteiger partial charge in [0.25, 0.3) is 15.9 Å². The summed E-state index contributed by atoms with van der Waals surface area (Å²) in [7, 11) is -4.84. The summed E-state index contributed by atoms with van der Waals surface area (Å²) < 4.78 is 67.4. The molecule has 2 N–H and O–H groups in total. The molecule has 0 radical (unpaired) electrons. The zero-order chi connectivity index (χ0) is 33.6. The average Bonchev–Trinajstić information content (AvgIpc) is 3.11. The summed E-state index contributed by atoms with van der Waals surface area (Å²) in [4.78, 5) is 27.3. The van der Waals surface area contributed by atoms with Crippen LogP contribution in [0.2, 0.25) is 0 Å². The number of likely N-dealkylation sites (tertiary alicyclic amines) is 1. The lowest BCUT2D eigenvalue weighted by atomic mass is 9.96. The largest absolute Gasteiger partial charge is 0.457 e. The van der Waals surface area contributed by atoms with Crippen LogP contribution in [0, 0.1) is 11.6 Å². The lowest BCUT2D eigenvalue weighted by Gasteiger charge is -2.31. The number of aliphatic hydroxyl groups excluding tert-OH is 2. The van der Waals surface area contributed by atoms with Gasteiger partial charge in [0.1, 0.15) is 12.3 Å². The number of amides is 1. The van der Waals surface area contributed by atoms with Crippen LogP contribution in [0.5, 0.6) is 0 Å². The van der Waals surface area contributed by atoms with Gasteiger partial charge in [0.05, 0.1) is 35.8 Å². The third kappa shape index (κ3) is 7.19. The topological polar surface area (TPSA) is 124 Å². The standard InChI is InChI=1S/C35H34F2N2O7S/c36-31-28(21-40)30(34(42)38-17-8-3-9-18-38)29(22-41)32(37)33(31)39(20-24-11-4-1-5-12-24)47(44,45)27-16-10-15-26(19-27)35(43)46-23-25-13-6-2-7-14-25/h1-2,4-7,10-16,19,40-41H,3,8-9,17-18,20-23H2. The van der Waals surface area contributed by atoms with E-state index in [-0.39, 0.29) is 12.2 Å². The van der Waals surface area contributed by atoms with Crippen molar-refractivity contribution in [2.45, 2.75) is 50.5 Å². The Kier molecular flexibility index (Phi) is 10.6. The normalized spacial score (nSPS) is 13.3. The van der Waals surface area contributed by atoms with Gasteiger partial charge in [0, 0.05) is 24.2 Å². The van der Waals surface area contributed by atoms with E-state index in [2.05, 4.69) is 0 Å². The van der Waals surface area contributed by atoms with Crippen LogP contribution < -0.4 is 4.31 Å². The van der Waals surface area contributed by atoms with Crippen LogP contribution in [-0.2, 0) is 41.1 Å². The van der Waals surface area contributed by atoms with Gasteiger partial charge in [-0.1, -0.05) is 66.7 Å². The van der Waals surface area contributed by atoms with E-state index < -0.39 is 80.6 Å². The van der Waals surface area contributed by atoms with Gasteiger partial charge < -0.3 is 19.8 Å². The monoisotopic (exact) mass is 664 g/mol. The van der Waals surface area contributed by atoms with Crippen molar-refractivity contribution in [3.63, 3.8) is 0 Å². The summed E-state index contributed by atoms with van der Waals surface area (Å²) >= 11 is 0. The zero-order valence-electron chi connectivity index (χ0n) is 25.4. The molecule has 4 aromatic carbocycles. The Hall–Kier alpha value is -4.65. The van der Waals surface area contributed by atoms with E-state index in [0.29, 0.717) is 41.4 Å². The number of anilines is 1. The maximum absolute atomic E-state index is 16.5. The second kappa shape index (κ2) is 14.8. The maximum Gasteiger partial charge on any atom is 0.338 e. The Labute approximate surface area is 271 Å². The molecule has 4 aromatic rings. The summed E-state index contributed by atoms with van der Waals surface area (Å²) in [5.41, 5.74) is -1.91. The molecule has 0 unspecified atom stereocenters. The number of sulfonamides is 1. The predicted molar refractivity (Wildman–Crippen MR) is 170 cm³/mol. The van der Waals surface area contributed by atoms with E-state index in [9.17, 15) is 28.2 Å². The third-order valence-corrected chi connectivity index (χ3v) is 9.75. The molecule has 246 valence electrons. The molecule has 0 bridgehead atoms. The molecular weight excluding hydrogens is 630 g/mol. The molecule has 1 heterocycles. The van der Waals surface area contributed by atoms with Crippen molar-refractivity contribution in [2.24, 2.45) is 0 Å². The van der Waals surface area contributed by atoms with E-state index in [4.69, 9.17) is 4.74 Å². The third-order valence-electron chi connectivity index (χ3n) is 8.01. The van der Waals surface area contributed by atoms with Crippen molar-refractivity contribution in [3.05, 3.63) is 130 Å². The second-order valence-corrected chi connectivity index (χ2v) is 12.9. The number of carbonyl (C=O) groups is 2. The average molecular weight is 665 g/mol. The molecule has 47 heavy (non-hydrogen) atoms. The molecule has 0 aliphatic carbocycles. The molecule has 9 nitrogen and oxygen atoms in total. The number of rotatable bonds is 11.